The fraction of sp³-hybridized carbons (Fsp3) is 0.389. The van der Waals surface area contributed by atoms with E-state index in [4.69, 9.17) is 4.74 Å². The van der Waals surface area contributed by atoms with Crippen LogP contribution in [0.3, 0.4) is 0 Å². The van der Waals surface area contributed by atoms with E-state index in [1.54, 1.807) is 7.11 Å². The predicted molar refractivity (Wildman–Crippen MR) is 93.7 cm³/mol. The number of hydrogen-bond acceptors (Lipinski definition) is 5. The van der Waals surface area contributed by atoms with E-state index in [1.165, 1.54) is 25.0 Å². The first-order chi connectivity index (χ1) is 12.2. The number of ether oxygens (including phenoxy) is 1. The average Bonchev–Trinajstić information content (AvgIpc) is 3.17. The van der Waals surface area contributed by atoms with E-state index >= 15 is 0 Å². The van der Waals surface area contributed by atoms with Gasteiger partial charge in [-0.15, -0.1) is 0 Å². The van der Waals surface area contributed by atoms with Gasteiger partial charge in [0, 0.05) is 12.6 Å². The molecule has 0 saturated carbocycles. The number of likely N-dealkylation sites (tertiary alicyclic amines) is 1. The molecule has 0 spiro atoms. The van der Waals surface area contributed by atoms with Gasteiger partial charge in [0.15, 0.2) is 0 Å². The van der Waals surface area contributed by atoms with Crippen LogP contribution < -0.4 is 15.6 Å². The zero-order valence-corrected chi connectivity index (χ0v) is 14.2. The van der Waals surface area contributed by atoms with Crippen LogP contribution in [0.5, 0.6) is 5.75 Å². The lowest BCUT2D eigenvalue weighted by Gasteiger charge is -2.28. The van der Waals surface area contributed by atoms with Crippen LogP contribution in [0, 0.1) is 0 Å². The Morgan fingerprint density at radius 3 is 2.56 bits per heavy atom. The molecule has 0 bridgehead atoms. The minimum atomic E-state index is -0.329. The Morgan fingerprint density at radius 2 is 1.96 bits per heavy atom. The third-order valence-electron chi connectivity index (χ3n) is 4.45. The summed E-state index contributed by atoms with van der Waals surface area (Å²) in [5.41, 5.74) is 1.01. The largest absolute Gasteiger partial charge is 0.497 e. The van der Waals surface area contributed by atoms with Crippen molar-refractivity contribution in [3.63, 3.8) is 0 Å². The fourth-order valence-electron chi connectivity index (χ4n) is 3.09. The topological polar surface area (TPSA) is 87.3 Å². The molecule has 3 rings (SSSR count). The molecule has 0 aliphatic carbocycles. The summed E-state index contributed by atoms with van der Waals surface area (Å²) in [6.07, 6.45) is 2.34. The highest BCUT2D eigenvalue weighted by molar-refractivity contribution is 5.91. The highest BCUT2D eigenvalue weighted by Gasteiger charge is 2.24. The Bertz CT molecular complexity index is 746. The molecule has 2 aromatic rings. The van der Waals surface area contributed by atoms with Gasteiger partial charge in [-0.05, 0) is 49.7 Å². The summed E-state index contributed by atoms with van der Waals surface area (Å²) in [6.45, 7) is 2.51. The minimum absolute atomic E-state index is 0.0973. The van der Waals surface area contributed by atoms with Crippen molar-refractivity contribution in [2.75, 3.05) is 26.7 Å². The Labute approximate surface area is 146 Å². The summed E-state index contributed by atoms with van der Waals surface area (Å²) < 4.78 is 5.22. The Morgan fingerprint density at radius 1 is 1.24 bits per heavy atom. The quantitative estimate of drug-likeness (QED) is 0.827. The molecule has 1 aliphatic heterocycles. The summed E-state index contributed by atoms with van der Waals surface area (Å²) >= 11 is 0. The number of carbonyl (C=O) groups excluding carboxylic acids is 1. The lowest BCUT2D eigenvalue weighted by molar-refractivity contribution is 0.0931. The number of nitrogens with one attached hydrogen (secondary N) is 2. The van der Waals surface area contributed by atoms with Crippen molar-refractivity contribution in [3.05, 3.63) is 58.0 Å². The Hall–Kier alpha value is -2.67. The van der Waals surface area contributed by atoms with Crippen LogP contribution in [-0.4, -0.2) is 47.7 Å². The second kappa shape index (κ2) is 7.94. The third kappa shape index (κ3) is 4.24. The van der Waals surface area contributed by atoms with Gasteiger partial charge in [0.25, 0.3) is 11.5 Å². The summed E-state index contributed by atoms with van der Waals surface area (Å²) in [5, 5.41) is 8.97. The molecule has 1 unspecified atom stereocenters. The second-order valence-corrected chi connectivity index (χ2v) is 6.05. The van der Waals surface area contributed by atoms with Gasteiger partial charge in [-0.25, -0.2) is 5.10 Å². The number of benzene rings is 1. The molecule has 1 aliphatic rings. The zero-order chi connectivity index (χ0) is 17.6. The maximum Gasteiger partial charge on any atom is 0.271 e. The van der Waals surface area contributed by atoms with E-state index in [0.717, 1.165) is 24.4 Å². The molecule has 2 heterocycles. The molecule has 7 heteroatoms. The summed E-state index contributed by atoms with van der Waals surface area (Å²) in [5.74, 6) is 0.513. The number of rotatable bonds is 6. The van der Waals surface area contributed by atoms with Gasteiger partial charge in [-0.2, -0.15) is 5.10 Å². The van der Waals surface area contributed by atoms with Gasteiger partial charge in [-0.3, -0.25) is 14.5 Å². The van der Waals surface area contributed by atoms with E-state index in [2.05, 4.69) is 20.4 Å². The molecule has 1 atom stereocenters. The maximum absolute atomic E-state index is 12.3. The molecular weight excluding hydrogens is 320 g/mol. The molecule has 132 valence electrons. The van der Waals surface area contributed by atoms with Crippen LogP contribution in [0.1, 0.15) is 34.9 Å². The first-order valence-electron chi connectivity index (χ1n) is 8.39. The van der Waals surface area contributed by atoms with Gasteiger partial charge in [0.1, 0.15) is 11.4 Å². The van der Waals surface area contributed by atoms with E-state index in [0.29, 0.717) is 6.54 Å². The van der Waals surface area contributed by atoms with Crippen molar-refractivity contribution in [3.8, 4) is 5.75 Å². The smallest absolute Gasteiger partial charge is 0.271 e. The van der Waals surface area contributed by atoms with Crippen molar-refractivity contribution in [1.29, 1.82) is 0 Å². The molecule has 1 amide bonds. The fourth-order valence-corrected chi connectivity index (χ4v) is 3.09. The van der Waals surface area contributed by atoms with E-state index < -0.39 is 0 Å². The first kappa shape index (κ1) is 17.2. The van der Waals surface area contributed by atoms with Crippen molar-refractivity contribution in [2.24, 2.45) is 0 Å². The van der Waals surface area contributed by atoms with Crippen molar-refractivity contribution < 1.29 is 9.53 Å². The molecular formula is C18H22N4O3. The molecule has 1 aromatic heterocycles. The standard InChI is InChI=1S/C18H22N4O3/c1-25-14-6-4-13(5-7-14)16(22-10-2-3-11-22)12-19-18(24)15-8-9-17(23)21-20-15/h4-9,16H,2-3,10-12H2,1H3,(H,19,24)(H,21,23). The van der Waals surface area contributed by atoms with Gasteiger partial charge >= 0.3 is 0 Å². The van der Waals surface area contributed by atoms with Gasteiger partial charge in [-0.1, -0.05) is 12.1 Å². The number of aromatic nitrogens is 2. The van der Waals surface area contributed by atoms with Gasteiger partial charge < -0.3 is 10.1 Å². The molecule has 1 fully saturated rings. The third-order valence-corrected chi connectivity index (χ3v) is 4.45. The molecule has 1 aromatic carbocycles. The van der Waals surface area contributed by atoms with Crippen molar-refractivity contribution in [2.45, 2.75) is 18.9 Å². The van der Waals surface area contributed by atoms with E-state index in [1.807, 2.05) is 24.3 Å². The minimum Gasteiger partial charge on any atom is -0.497 e. The summed E-state index contributed by atoms with van der Waals surface area (Å²) in [6, 6.07) is 10.8. The number of amides is 1. The highest BCUT2D eigenvalue weighted by atomic mass is 16.5. The van der Waals surface area contributed by atoms with Crippen LogP contribution in [0.25, 0.3) is 0 Å². The molecule has 1 saturated heterocycles. The molecule has 2 N–H and O–H groups in total. The van der Waals surface area contributed by atoms with Crippen molar-refractivity contribution in [1.82, 2.24) is 20.4 Å². The molecule has 0 radical (unpaired) electrons. The number of carbonyl (C=O) groups is 1. The second-order valence-electron chi connectivity index (χ2n) is 6.05. The maximum atomic E-state index is 12.3. The lowest BCUT2D eigenvalue weighted by atomic mass is 10.1. The monoisotopic (exact) mass is 342 g/mol. The molecule has 7 nitrogen and oxygen atoms in total. The van der Waals surface area contributed by atoms with Crippen molar-refractivity contribution >= 4 is 5.91 Å². The summed E-state index contributed by atoms with van der Waals surface area (Å²) in [7, 11) is 1.64. The zero-order valence-electron chi connectivity index (χ0n) is 14.2. The number of hydrogen-bond donors (Lipinski definition) is 2. The SMILES string of the molecule is COc1ccc(C(CNC(=O)c2ccc(=O)[nH]n2)N2CCCC2)cc1. The van der Waals surface area contributed by atoms with E-state index in [-0.39, 0.29) is 23.2 Å². The van der Waals surface area contributed by atoms with Gasteiger partial charge in [0.2, 0.25) is 0 Å². The Kier molecular flexibility index (Phi) is 5.45. The number of nitrogens with zero attached hydrogens (tertiary/aromatic N) is 2. The molecule has 25 heavy (non-hydrogen) atoms. The van der Waals surface area contributed by atoms with Crippen LogP contribution in [0.4, 0.5) is 0 Å². The van der Waals surface area contributed by atoms with Crippen LogP contribution in [0.2, 0.25) is 0 Å². The predicted octanol–water partition coefficient (Wildman–Crippen LogP) is 1.35. The van der Waals surface area contributed by atoms with Crippen LogP contribution in [0.15, 0.2) is 41.2 Å². The normalized spacial score (nSPS) is 15.7. The van der Waals surface area contributed by atoms with Crippen LogP contribution in [-0.2, 0) is 0 Å². The Balaban J connectivity index is 1.71. The lowest BCUT2D eigenvalue weighted by Crippen LogP contribution is -2.37. The number of aromatic amines is 1. The van der Waals surface area contributed by atoms with E-state index in [9.17, 15) is 9.59 Å². The highest BCUT2D eigenvalue weighted by Crippen LogP contribution is 2.26. The number of methoxy groups -OCH3 is 1. The number of H-pyrrole nitrogens is 1. The average molecular weight is 342 g/mol. The first-order valence-corrected chi connectivity index (χ1v) is 8.39. The summed E-state index contributed by atoms with van der Waals surface area (Å²) in [4.78, 5) is 25.7. The van der Waals surface area contributed by atoms with Gasteiger partial charge in [0.05, 0.1) is 13.2 Å². The van der Waals surface area contributed by atoms with Crippen LogP contribution >= 0.6 is 0 Å².